The Morgan fingerprint density at radius 2 is 1.88 bits per heavy atom. The van der Waals surface area contributed by atoms with Gasteiger partial charge in [-0.3, -0.25) is 14.6 Å². The molecule has 0 saturated heterocycles. The van der Waals surface area contributed by atoms with Gasteiger partial charge in [0.05, 0.1) is 6.42 Å². The molecule has 24 heavy (non-hydrogen) atoms. The molecule has 0 unspecified atom stereocenters. The van der Waals surface area contributed by atoms with Gasteiger partial charge in [-0.15, -0.1) is 0 Å². The zero-order valence-electron chi connectivity index (χ0n) is 14.0. The Morgan fingerprint density at radius 3 is 2.54 bits per heavy atom. The lowest BCUT2D eigenvalue weighted by molar-refractivity contribution is -0.115. The zero-order chi connectivity index (χ0) is 17.7. The Morgan fingerprint density at radius 1 is 1.17 bits per heavy atom. The molecule has 0 spiro atoms. The monoisotopic (exact) mass is 327 g/mol. The smallest absolute Gasteiger partial charge is 0.270 e. The van der Waals surface area contributed by atoms with Crippen LogP contribution in [0.15, 0.2) is 42.6 Å². The molecule has 0 radical (unpaired) electrons. The van der Waals surface area contributed by atoms with Gasteiger partial charge in [-0.2, -0.15) is 0 Å². The summed E-state index contributed by atoms with van der Waals surface area (Å²) < 4.78 is 0. The first-order valence-corrected chi connectivity index (χ1v) is 7.60. The Kier molecular flexibility index (Phi) is 5.18. The van der Waals surface area contributed by atoms with E-state index in [-0.39, 0.29) is 35.2 Å². The van der Waals surface area contributed by atoms with Crippen molar-refractivity contribution in [1.29, 1.82) is 0 Å². The Labute approximate surface area is 140 Å². The van der Waals surface area contributed by atoms with Crippen LogP contribution in [0.2, 0.25) is 0 Å². The van der Waals surface area contributed by atoms with Crippen LogP contribution in [0.4, 0.5) is 5.69 Å². The molecule has 0 aliphatic rings. The molecular formula is C18H21N3O3. The first kappa shape index (κ1) is 17.5. The van der Waals surface area contributed by atoms with Crippen LogP contribution in [0, 0.1) is 0 Å². The van der Waals surface area contributed by atoms with E-state index in [9.17, 15) is 14.7 Å². The minimum atomic E-state index is -0.372. The van der Waals surface area contributed by atoms with Crippen LogP contribution in [0.5, 0.6) is 5.75 Å². The summed E-state index contributed by atoms with van der Waals surface area (Å²) in [5, 5.41) is 15.2. The molecule has 1 aromatic heterocycles. The van der Waals surface area contributed by atoms with E-state index in [0.29, 0.717) is 11.3 Å². The lowest BCUT2D eigenvalue weighted by Crippen LogP contribution is -2.40. The van der Waals surface area contributed by atoms with Crippen molar-refractivity contribution in [2.75, 3.05) is 5.32 Å². The number of pyridine rings is 1. The second-order valence-corrected chi connectivity index (χ2v) is 6.49. The molecule has 126 valence electrons. The molecule has 6 nitrogen and oxygen atoms in total. The highest BCUT2D eigenvalue weighted by Gasteiger charge is 2.17. The average Bonchev–Trinajstić information content (AvgIpc) is 2.48. The number of benzene rings is 1. The minimum Gasteiger partial charge on any atom is -0.508 e. The van der Waals surface area contributed by atoms with Gasteiger partial charge in [0, 0.05) is 23.0 Å². The standard InChI is InChI=1S/C18H21N3O3/c1-18(2,3)21-17(24)14-11-13(8-9-19-14)20-16(23)10-12-6-4-5-7-15(12)22/h4-9,11,22H,10H2,1-3H3,(H,21,24)(H,19,20,23). The number of aromatic hydroxyl groups is 1. The van der Waals surface area contributed by atoms with Gasteiger partial charge in [0.2, 0.25) is 5.91 Å². The molecule has 0 atom stereocenters. The van der Waals surface area contributed by atoms with Gasteiger partial charge in [0.1, 0.15) is 11.4 Å². The van der Waals surface area contributed by atoms with Crippen LogP contribution in [-0.4, -0.2) is 27.4 Å². The molecule has 0 aliphatic carbocycles. The quantitative estimate of drug-likeness (QED) is 0.804. The Hall–Kier alpha value is -2.89. The second-order valence-electron chi connectivity index (χ2n) is 6.49. The summed E-state index contributed by atoms with van der Waals surface area (Å²) in [6.45, 7) is 5.63. The molecule has 1 aromatic carbocycles. The zero-order valence-corrected chi connectivity index (χ0v) is 14.0. The molecule has 0 bridgehead atoms. The Balaban J connectivity index is 2.05. The summed E-state index contributed by atoms with van der Waals surface area (Å²) in [7, 11) is 0. The predicted octanol–water partition coefficient (Wildman–Crippen LogP) is 2.50. The van der Waals surface area contributed by atoms with Gasteiger partial charge in [0.25, 0.3) is 5.91 Å². The van der Waals surface area contributed by atoms with E-state index in [1.54, 1.807) is 24.3 Å². The van der Waals surface area contributed by atoms with E-state index in [0.717, 1.165) is 0 Å². The number of amides is 2. The van der Waals surface area contributed by atoms with Crippen molar-refractivity contribution in [2.45, 2.75) is 32.7 Å². The highest BCUT2D eigenvalue weighted by atomic mass is 16.3. The van der Waals surface area contributed by atoms with Crippen molar-refractivity contribution >= 4 is 17.5 Å². The van der Waals surface area contributed by atoms with Crippen molar-refractivity contribution in [3.8, 4) is 5.75 Å². The number of hydrogen-bond acceptors (Lipinski definition) is 4. The third kappa shape index (κ3) is 5.08. The van der Waals surface area contributed by atoms with Crippen LogP contribution in [-0.2, 0) is 11.2 Å². The van der Waals surface area contributed by atoms with Gasteiger partial charge in [-0.05, 0) is 39.0 Å². The number of aromatic nitrogens is 1. The SMILES string of the molecule is CC(C)(C)NC(=O)c1cc(NC(=O)Cc2ccccc2O)ccn1. The van der Waals surface area contributed by atoms with Crippen LogP contribution in [0.25, 0.3) is 0 Å². The lowest BCUT2D eigenvalue weighted by Gasteiger charge is -2.20. The van der Waals surface area contributed by atoms with E-state index in [4.69, 9.17) is 0 Å². The fraction of sp³-hybridized carbons (Fsp3) is 0.278. The third-order valence-corrected chi connectivity index (χ3v) is 3.11. The summed E-state index contributed by atoms with van der Waals surface area (Å²) in [5.41, 5.74) is 0.868. The predicted molar refractivity (Wildman–Crippen MR) is 91.9 cm³/mol. The molecule has 1 heterocycles. The van der Waals surface area contributed by atoms with Crippen molar-refractivity contribution in [1.82, 2.24) is 10.3 Å². The average molecular weight is 327 g/mol. The van der Waals surface area contributed by atoms with E-state index >= 15 is 0 Å². The molecule has 0 fully saturated rings. The molecule has 2 amide bonds. The first-order chi connectivity index (χ1) is 11.2. The van der Waals surface area contributed by atoms with Crippen molar-refractivity contribution in [3.63, 3.8) is 0 Å². The fourth-order valence-electron chi connectivity index (χ4n) is 2.08. The highest BCUT2D eigenvalue weighted by Crippen LogP contribution is 2.17. The number of carbonyl (C=O) groups excluding carboxylic acids is 2. The number of carbonyl (C=O) groups is 2. The fourth-order valence-corrected chi connectivity index (χ4v) is 2.08. The van der Waals surface area contributed by atoms with E-state index in [1.807, 2.05) is 20.8 Å². The normalized spacial score (nSPS) is 11.0. The molecule has 2 aromatic rings. The van der Waals surface area contributed by atoms with Crippen molar-refractivity contribution in [2.24, 2.45) is 0 Å². The van der Waals surface area contributed by atoms with Gasteiger partial charge in [0.15, 0.2) is 0 Å². The van der Waals surface area contributed by atoms with E-state index < -0.39 is 0 Å². The molecule has 6 heteroatoms. The number of anilines is 1. The number of para-hydroxylation sites is 1. The highest BCUT2D eigenvalue weighted by molar-refractivity contribution is 5.96. The Bertz CT molecular complexity index is 751. The maximum Gasteiger partial charge on any atom is 0.270 e. The van der Waals surface area contributed by atoms with Crippen LogP contribution >= 0.6 is 0 Å². The number of hydrogen-bond donors (Lipinski definition) is 3. The van der Waals surface area contributed by atoms with Crippen LogP contribution in [0.3, 0.4) is 0 Å². The molecule has 0 saturated carbocycles. The van der Waals surface area contributed by atoms with E-state index in [1.165, 1.54) is 18.3 Å². The maximum absolute atomic E-state index is 12.1. The van der Waals surface area contributed by atoms with Gasteiger partial charge in [-0.25, -0.2) is 0 Å². The van der Waals surface area contributed by atoms with Crippen molar-refractivity contribution < 1.29 is 14.7 Å². The number of nitrogens with one attached hydrogen (secondary N) is 2. The number of rotatable bonds is 4. The summed E-state index contributed by atoms with van der Waals surface area (Å²) >= 11 is 0. The second kappa shape index (κ2) is 7.12. The largest absolute Gasteiger partial charge is 0.508 e. The topological polar surface area (TPSA) is 91.3 Å². The number of phenolic OH excluding ortho intramolecular Hbond substituents is 1. The molecule has 0 aliphatic heterocycles. The molecule has 3 N–H and O–H groups in total. The maximum atomic E-state index is 12.1. The lowest BCUT2D eigenvalue weighted by atomic mass is 10.1. The van der Waals surface area contributed by atoms with Crippen molar-refractivity contribution in [3.05, 3.63) is 53.9 Å². The molecule has 2 rings (SSSR count). The summed E-state index contributed by atoms with van der Waals surface area (Å²) in [4.78, 5) is 28.2. The summed E-state index contributed by atoms with van der Waals surface area (Å²) in [6, 6.07) is 9.79. The molecular weight excluding hydrogens is 306 g/mol. The van der Waals surface area contributed by atoms with E-state index in [2.05, 4.69) is 15.6 Å². The first-order valence-electron chi connectivity index (χ1n) is 7.60. The van der Waals surface area contributed by atoms with Gasteiger partial charge < -0.3 is 15.7 Å². The minimum absolute atomic E-state index is 0.0402. The van der Waals surface area contributed by atoms with Crippen LogP contribution < -0.4 is 10.6 Å². The summed E-state index contributed by atoms with van der Waals surface area (Å²) in [6.07, 6.45) is 1.51. The van der Waals surface area contributed by atoms with Crippen LogP contribution in [0.1, 0.15) is 36.8 Å². The number of nitrogens with zero attached hydrogens (tertiary/aromatic N) is 1. The third-order valence-electron chi connectivity index (χ3n) is 3.11. The van der Waals surface area contributed by atoms with Gasteiger partial charge in [-0.1, -0.05) is 18.2 Å². The summed E-state index contributed by atoms with van der Waals surface area (Å²) in [5.74, 6) is -0.517. The van der Waals surface area contributed by atoms with Gasteiger partial charge >= 0.3 is 0 Å². The number of phenols is 1.